The van der Waals surface area contributed by atoms with E-state index in [1.54, 1.807) is 0 Å². The fraction of sp³-hybridized carbons (Fsp3) is 0.100. The molecule has 3 rings (SSSR count). The third-order valence-corrected chi connectivity index (χ3v) is 4.97. The SMILES string of the molecule is C=C/C=C(/C=C1\Sc2ccccc2N1C)c1ccccc1C. The number of rotatable bonds is 3. The lowest BCUT2D eigenvalue weighted by Gasteiger charge is -2.15. The number of hydrogen-bond donors (Lipinski definition) is 0. The Bertz CT molecular complexity index is 771. The molecule has 0 fully saturated rings. The van der Waals surface area contributed by atoms with Crippen molar-refractivity contribution in [3.8, 4) is 0 Å². The van der Waals surface area contributed by atoms with Gasteiger partial charge in [0.1, 0.15) is 0 Å². The lowest BCUT2D eigenvalue weighted by Crippen LogP contribution is -2.09. The second-order valence-corrected chi connectivity index (χ2v) is 6.35. The maximum absolute atomic E-state index is 3.86. The first kappa shape index (κ1) is 14.7. The van der Waals surface area contributed by atoms with E-state index in [0.29, 0.717) is 0 Å². The van der Waals surface area contributed by atoms with Gasteiger partial charge in [-0.15, -0.1) is 0 Å². The number of benzene rings is 2. The van der Waals surface area contributed by atoms with Crippen LogP contribution in [-0.4, -0.2) is 7.05 Å². The average molecular weight is 305 g/mol. The lowest BCUT2D eigenvalue weighted by atomic mass is 10.00. The van der Waals surface area contributed by atoms with Crippen molar-refractivity contribution in [2.45, 2.75) is 11.8 Å². The smallest absolute Gasteiger partial charge is 0.0805 e. The number of fused-ring (bicyclic) bond motifs is 1. The largest absolute Gasteiger partial charge is 0.338 e. The molecule has 0 unspecified atom stereocenters. The molecule has 2 aromatic rings. The number of aryl methyl sites for hydroxylation is 1. The molecule has 0 N–H and O–H groups in total. The summed E-state index contributed by atoms with van der Waals surface area (Å²) in [4.78, 5) is 3.55. The highest BCUT2D eigenvalue weighted by molar-refractivity contribution is 8.03. The summed E-state index contributed by atoms with van der Waals surface area (Å²) in [5.74, 6) is 0. The van der Waals surface area contributed by atoms with E-state index in [1.807, 2.05) is 17.8 Å². The normalized spacial score (nSPS) is 16.0. The van der Waals surface area contributed by atoms with E-state index in [2.05, 4.69) is 86.1 Å². The second kappa shape index (κ2) is 6.29. The molecule has 0 aromatic heterocycles. The molecule has 1 aliphatic heterocycles. The van der Waals surface area contributed by atoms with Crippen LogP contribution in [0.4, 0.5) is 5.69 Å². The molecule has 110 valence electrons. The number of hydrogen-bond acceptors (Lipinski definition) is 2. The van der Waals surface area contributed by atoms with Crippen LogP contribution in [0.25, 0.3) is 5.57 Å². The summed E-state index contributed by atoms with van der Waals surface area (Å²) in [5, 5.41) is 1.23. The zero-order valence-electron chi connectivity index (χ0n) is 12.9. The predicted octanol–water partition coefficient (Wildman–Crippen LogP) is 5.65. The van der Waals surface area contributed by atoms with Gasteiger partial charge in [0, 0.05) is 11.9 Å². The molecule has 2 aromatic carbocycles. The molecule has 0 atom stereocenters. The molecule has 0 bridgehead atoms. The van der Waals surface area contributed by atoms with Crippen LogP contribution in [0.2, 0.25) is 0 Å². The highest BCUT2D eigenvalue weighted by atomic mass is 32.2. The Morgan fingerprint density at radius 3 is 2.55 bits per heavy atom. The highest BCUT2D eigenvalue weighted by Gasteiger charge is 2.21. The van der Waals surface area contributed by atoms with Crippen molar-refractivity contribution in [2.75, 3.05) is 11.9 Å². The van der Waals surface area contributed by atoms with Crippen LogP contribution in [0.1, 0.15) is 11.1 Å². The number of allylic oxidation sites excluding steroid dienone is 4. The molecule has 2 heteroatoms. The van der Waals surface area contributed by atoms with E-state index in [1.165, 1.54) is 32.3 Å². The summed E-state index contributed by atoms with van der Waals surface area (Å²) in [6.07, 6.45) is 6.17. The van der Waals surface area contributed by atoms with Crippen molar-refractivity contribution in [2.24, 2.45) is 0 Å². The Morgan fingerprint density at radius 2 is 1.82 bits per heavy atom. The Balaban J connectivity index is 2.01. The third kappa shape index (κ3) is 2.75. The molecule has 1 nitrogen and oxygen atoms in total. The topological polar surface area (TPSA) is 3.24 Å². The van der Waals surface area contributed by atoms with Crippen LogP contribution >= 0.6 is 11.8 Å². The van der Waals surface area contributed by atoms with Gasteiger partial charge in [0.25, 0.3) is 0 Å². The molecule has 0 saturated heterocycles. The first-order valence-electron chi connectivity index (χ1n) is 7.31. The van der Waals surface area contributed by atoms with Crippen molar-refractivity contribution in [1.29, 1.82) is 0 Å². The van der Waals surface area contributed by atoms with Gasteiger partial charge < -0.3 is 4.90 Å². The number of nitrogens with zero attached hydrogens (tertiary/aromatic N) is 1. The zero-order valence-corrected chi connectivity index (χ0v) is 13.7. The van der Waals surface area contributed by atoms with Gasteiger partial charge in [0.2, 0.25) is 0 Å². The summed E-state index contributed by atoms with van der Waals surface area (Å²) in [5.41, 5.74) is 4.98. The monoisotopic (exact) mass is 305 g/mol. The van der Waals surface area contributed by atoms with Crippen molar-refractivity contribution >= 4 is 23.0 Å². The van der Waals surface area contributed by atoms with Gasteiger partial charge in [0.15, 0.2) is 0 Å². The minimum atomic E-state index is 1.19. The van der Waals surface area contributed by atoms with Gasteiger partial charge in [-0.3, -0.25) is 0 Å². The molecule has 1 heterocycles. The minimum absolute atomic E-state index is 1.19. The maximum Gasteiger partial charge on any atom is 0.0805 e. The van der Waals surface area contributed by atoms with E-state index >= 15 is 0 Å². The van der Waals surface area contributed by atoms with E-state index in [0.717, 1.165) is 0 Å². The predicted molar refractivity (Wildman–Crippen MR) is 98.1 cm³/mol. The fourth-order valence-corrected chi connectivity index (χ4v) is 3.72. The summed E-state index contributed by atoms with van der Waals surface area (Å²) in [7, 11) is 2.12. The summed E-state index contributed by atoms with van der Waals surface area (Å²) < 4.78 is 0. The van der Waals surface area contributed by atoms with Crippen molar-refractivity contribution in [3.63, 3.8) is 0 Å². The molecular formula is C20H19NS. The Morgan fingerprint density at radius 1 is 1.09 bits per heavy atom. The number of anilines is 1. The van der Waals surface area contributed by atoms with Crippen molar-refractivity contribution < 1.29 is 0 Å². The fourth-order valence-electron chi connectivity index (χ4n) is 2.62. The third-order valence-electron chi connectivity index (χ3n) is 3.80. The summed E-state index contributed by atoms with van der Waals surface area (Å²) in [6.45, 7) is 6.01. The first-order chi connectivity index (χ1) is 10.7. The summed E-state index contributed by atoms with van der Waals surface area (Å²) in [6, 6.07) is 17.0. The van der Waals surface area contributed by atoms with Crippen LogP contribution in [0.15, 0.2) is 83.3 Å². The van der Waals surface area contributed by atoms with Gasteiger partial charge in [-0.1, -0.05) is 66.9 Å². The van der Waals surface area contributed by atoms with Crippen LogP contribution < -0.4 is 4.90 Å². The van der Waals surface area contributed by atoms with Gasteiger partial charge >= 0.3 is 0 Å². The van der Waals surface area contributed by atoms with Gasteiger partial charge in [0.05, 0.1) is 10.7 Å². The Hall–Kier alpha value is -2.19. The molecular weight excluding hydrogens is 286 g/mol. The van der Waals surface area contributed by atoms with Crippen LogP contribution in [0.5, 0.6) is 0 Å². The Labute approximate surface area is 136 Å². The Kier molecular flexibility index (Phi) is 4.21. The second-order valence-electron chi connectivity index (χ2n) is 5.28. The van der Waals surface area contributed by atoms with E-state index in [9.17, 15) is 0 Å². The molecule has 0 saturated carbocycles. The molecule has 0 amide bonds. The van der Waals surface area contributed by atoms with E-state index in [4.69, 9.17) is 0 Å². The summed E-state index contributed by atoms with van der Waals surface area (Å²) >= 11 is 1.81. The van der Waals surface area contributed by atoms with Crippen LogP contribution in [-0.2, 0) is 0 Å². The first-order valence-corrected chi connectivity index (χ1v) is 8.13. The zero-order chi connectivity index (χ0) is 15.5. The number of thioether (sulfide) groups is 1. The molecule has 0 radical (unpaired) electrons. The van der Waals surface area contributed by atoms with Gasteiger partial charge in [-0.2, -0.15) is 0 Å². The van der Waals surface area contributed by atoms with Gasteiger partial charge in [-0.05, 0) is 41.8 Å². The minimum Gasteiger partial charge on any atom is -0.338 e. The van der Waals surface area contributed by atoms with Crippen molar-refractivity contribution in [3.05, 3.63) is 89.5 Å². The van der Waals surface area contributed by atoms with E-state index < -0.39 is 0 Å². The highest BCUT2D eigenvalue weighted by Crippen LogP contribution is 2.45. The maximum atomic E-state index is 3.86. The quantitative estimate of drug-likeness (QED) is 0.674. The van der Waals surface area contributed by atoms with Crippen LogP contribution in [0, 0.1) is 6.92 Å². The average Bonchev–Trinajstić information content (AvgIpc) is 2.84. The van der Waals surface area contributed by atoms with Gasteiger partial charge in [-0.25, -0.2) is 0 Å². The molecule has 0 spiro atoms. The molecule has 1 aliphatic rings. The lowest BCUT2D eigenvalue weighted by molar-refractivity contribution is 1.17. The van der Waals surface area contributed by atoms with Crippen LogP contribution in [0.3, 0.4) is 0 Å². The standard InChI is InChI=1S/C20H19NS/c1-4-9-16(17-11-6-5-10-15(17)2)14-20-21(3)18-12-7-8-13-19(18)22-20/h4-14H,1H2,2-3H3/b16-9-,20-14-. The molecule has 22 heavy (non-hydrogen) atoms. The molecule has 0 aliphatic carbocycles. The van der Waals surface area contributed by atoms with E-state index in [-0.39, 0.29) is 0 Å². The van der Waals surface area contributed by atoms with Crippen molar-refractivity contribution in [1.82, 2.24) is 0 Å². The number of para-hydroxylation sites is 1.